The van der Waals surface area contributed by atoms with Crippen LogP contribution in [0.5, 0.6) is 0 Å². The highest BCUT2D eigenvalue weighted by atomic mass is 19.4. The van der Waals surface area contributed by atoms with E-state index in [-0.39, 0.29) is 19.0 Å². The molecular formula is C10H13F3N2O2. The Morgan fingerprint density at radius 3 is 2.82 bits per heavy atom. The zero-order valence-electron chi connectivity index (χ0n) is 9.16. The smallest absolute Gasteiger partial charge is 0.389 e. The molecule has 0 saturated carbocycles. The van der Waals surface area contributed by atoms with Crippen LogP contribution in [0, 0.1) is 0 Å². The number of nitrogens with one attached hydrogen (secondary N) is 1. The van der Waals surface area contributed by atoms with E-state index in [1.54, 1.807) is 0 Å². The number of pyridine rings is 1. The Kier molecular flexibility index (Phi) is 4.71. The highest BCUT2D eigenvalue weighted by Gasteiger charge is 2.34. The van der Waals surface area contributed by atoms with Crippen molar-refractivity contribution in [2.45, 2.75) is 12.3 Å². The molecule has 1 heterocycles. The third-order valence-electron chi connectivity index (χ3n) is 1.98. The lowest BCUT2D eigenvalue weighted by Gasteiger charge is -2.15. The van der Waals surface area contributed by atoms with E-state index in [1.807, 2.05) is 0 Å². The summed E-state index contributed by atoms with van der Waals surface area (Å²) in [6.45, 7) is -0.0187. The molecule has 0 aromatic carbocycles. The van der Waals surface area contributed by atoms with Gasteiger partial charge in [-0.25, -0.2) is 4.98 Å². The van der Waals surface area contributed by atoms with Crippen LogP contribution in [0.2, 0.25) is 0 Å². The van der Waals surface area contributed by atoms with Gasteiger partial charge in [0.2, 0.25) is 0 Å². The standard InChI is InChI=1S/C10H13F3N2O2/c1-17-6-7(16)5-15-9-8(10(11,12)13)3-2-4-14-9/h2-4,7,16H,5-6H2,1H3,(H,14,15)/t7-/m1/s1. The molecule has 1 rings (SSSR count). The second-order valence-corrected chi connectivity index (χ2v) is 3.39. The Bertz CT molecular complexity index is 358. The molecule has 0 amide bonds. The summed E-state index contributed by atoms with van der Waals surface area (Å²) in [7, 11) is 1.39. The molecule has 2 N–H and O–H groups in total. The number of nitrogens with zero attached hydrogens (tertiary/aromatic N) is 1. The van der Waals surface area contributed by atoms with E-state index in [0.717, 1.165) is 6.07 Å². The third-order valence-corrected chi connectivity index (χ3v) is 1.98. The van der Waals surface area contributed by atoms with Gasteiger partial charge in [-0.2, -0.15) is 13.2 Å². The van der Waals surface area contributed by atoms with Crippen LogP contribution in [0.3, 0.4) is 0 Å². The molecule has 1 aromatic rings. The molecule has 0 aliphatic carbocycles. The van der Waals surface area contributed by atoms with E-state index >= 15 is 0 Å². The van der Waals surface area contributed by atoms with Gasteiger partial charge in [-0.15, -0.1) is 0 Å². The van der Waals surface area contributed by atoms with Crippen molar-refractivity contribution in [3.05, 3.63) is 23.9 Å². The van der Waals surface area contributed by atoms with Crippen molar-refractivity contribution < 1.29 is 23.0 Å². The average molecular weight is 250 g/mol. The van der Waals surface area contributed by atoms with Gasteiger partial charge in [0.15, 0.2) is 0 Å². The van der Waals surface area contributed by atoms with Crippen LogP contribution < -0.4 is 5.32 Å². The van der Waals surface area contributed by atoms with Gasteiger partial charge in [0, 0.05) is 19.9 Å². The lowest BCUT2D eigenvalue weighted by Crippen LogP contribution is -2.25. The number of aliphatic hydroxyl groups is 1. The molecule has 0 bridgehead atoms. The number of hydrogen-bond donors (Lipinski definition) is 2. The minimum atomic E-state index is -4.47. The molecule has 0 aliphatic heterocycles. The maximum Gasteiger partial charge on any atom is 0.419 e. The first-order valence-electron chi connectivity index (χ1n) is 4.88. The first-order chi connectivity index (χ1) is 7.95. The molecule has 4 nitrogen and oxygen atoms in total. The van der Waals surface area contributed by atoms with Crippen LogP contribution in [-0.4, -0.2) is 36.5 Å². The Hall–Kier alpha value is -1.34. The van der Waals surface area contributed by atoms with E-state index in [2.05, 4.69) is 15.0 Å². The Balaban J connectivity index is 2.71. The average Bonchev–Trinajstić information content (AvgIpc) is 2.26. The number of ether oxygens (including phenoxy) is 1. The molecule has 0 saturated heterocycles. The van der Waals surface area contributed by atoms with Crippen LogP contribution in [-0.2, 0) is 10.9 Å². The van der Waals surface area contributed by atoms with Gasteiger partial charge in [-0.05, 0) is 12.1 Å². The molecule has 0 fully saturated rings. The van der Waals surface area contributed by atoms with E-state index in [1.165, 1.54) is 19.4 Å². The second kappa shape index (κ2) is 5.83. The zero-order valence-corrected chi connectivity index (χ0v) is 9.16. The predicted molar refractivity (Wildman–Crippen MR) is 55.6 cm³/mol. The third kappa shape index (κ3) is 4.20. The number of halogens is 3. The van der Waals surface area contributed by atoms with Gasteiger partial charge >= 0.3 is 6.18 Å². The lowest BCUT2D eigenvalue weighted by atomic mass is 10.2. The van der Waals surface area contributed by atoms with Crippen molar-refractivity contribution in [3.63, 3.8) is 0 Å². The van der Waals surface area contributed by atoms with Gasteiger partial charge in [-0.1, -0.05) is 0 Å². The fourth-order valence-electron chi connectivity index (χ4n) is 1.24. The van der Waals surface area contributed by atoms with Crippen LogP contribution in [0.25, 0.3) is 0 Å². The first-order valence-corrected chi connectivity index (χ1v) is 4.88. The van der Waals surface area contributed by atoms with Crippen molar-refractivity contribution in [1.29, 1.82) is 0 Å². The first kappa shape index (κ1) is 13.7. The summed E-state index contributed by atoms with van der Waals surface area (Å²) in [6.07, 6.45) is -4.11. The fourth-order valence-corrected chi connectivity index (χ4v) is 1.24. The van der Waals surface area contributed by atoms with E-state index < -0.39 is 17.8 Å². The van der Waals surface area contributed by atoms with Crippen LogP contribution in [0.1, 0.15) is 5.56 Å². The monoisotopic (exact) mass is 250 g/mol. The number of rotatable bonds is 5. The SMILES string of the molecule is COC[C@H](O)CNc1ncccc1C(F)(F)F. The van der Waals surface area contributed by atoms with Crippen molar-refractivity contribution in [2.75, 3.05) is 25.6 Å². The molecule has 1 atom stereocenters. The number of anilines is 1. The highest BCUT2D eigenvalue weighted by molar-refractivity contribution is 5.45. The molecule has 0 aliphatic rings. The highest BCUT2D eigenvalue weighted by Crippen LogP contribution is 2.33. The van der Waals surface area contributed by atoms with Gasteiger partial charge in [0.1, 0.15) is 5.82 Å². The lowest BCUT2D eigenvalue weighted by molar-refractivity contribution is -0.137. The van der Waals surface area contributed by atoms with Crippen LogP contribution >= 0.6 is 0 Å². The number of aromatic nitrogens is 1. The van der Waals surface area contributed by atoms with E-state index in [4.69, 9.17) is 0 Å². The molecule has 1 aromatic heterocycles. The summed E-state index contributed by atoms with van der Waals surface area (Å²) in [5.41, 5.74) is -0.857. The quantitative estimate of drug-likeness (QED) is 0.832. The molecule has 0 unspecified atom stereocenters. The largest absolute Gasteiger partial charge is 0.419 e. The molecule has 17 heavy (non-hydrogen) atoms. The number of hydrogen-bond acceptors (Lipinski definition) is 4. The summed E-state index contributed by atoms with van der Waals surface area (Å²) < 4.78 is 42.3. The second-order valence-electron chi connectivity index (χ2n) is 3.39. The van der Waals surface area contributed by atoms with Crippen molar-refractivity contribution in [1.82, 2.24) is 4.98 Å². The summed E-state index contributed by atoms with van der Waals surface area (Å²) >= 11 is 0. The van der Waals surface area contributed by atoms with Gasteiger partial charge in [-0.3, -0.25) is 0 Å². The summed E-state index contributed by atoms with van der Waals surface area (Å²) in [4.78, 5) is 3.59. The normalized spacial score (nSPS) is 13.5. The Labute approximate surface area is 96.4 Å². The van der Waals surface area contributed by atoms with Gasteiger partial charge < -0.3 is 15.2 Å². The molecule has 0 radical (unpaired) electrons. The maximum absolute atomic E-state index is 12.6. The van der Waals surface area contributed by atoms with Gasteiger partial charge in [0.25, 0.3) is 0 Å². The number of alkyl halides is 3. The van der Waals surface area contributed by atoms with Crippen molar-refractivity contribution in [3.8, 4) is 0 Å². The number of methoxy groups -OCH3 is 1. The molecule has 0 spiro atoms. The predicted octanol–water partition coefficient (Wildman–Crippen LogP) is 1.52. The minimum Gasteiger partial charge on any atom is -0.389 e. The maximum atomic E-state index is 12.6. The summed E-state index contributed by atoms with van der Waals surface area (Å²) in [6, 6.07) is 2.14. The van der Waals surface area contributed by atoms with E-state index in [9.17, 15) is 18.3 Å². The van der Waals surface area contributed by atoms with Gasteiger partial charge in [0.05, 0.1) is 18.3 Å². The van der Waals surface area contributed by atoms with Crippen LogP contribution in [0.15, 0.2) is 18.3 Å². The van der Waals surface area contributed by atoms with Crippen molar-refractivity contribution in [2.24, 2.45) is 0 Å². The minimum absolute atomic E-state index is 0.0428. The summed E-state index contributed by atoms with van der Waals surface area (Å²) in [5.74, 6) is -0.296. The summed E-state index contributed by atoms with van der Waals surface area (Å²) in [5, 5.41) is 11.8. The molecule has 7 heteroatoms. The van der Waals surface area contributed by atoms with Crippen LogP contribution in [0.4, 0.5) is 19.0 Å². The van der Waals surface area contributed by atoms with E-state index in [0.29, 0.717) is 0 Å². The Morgan fingerprint density at radius 1 is 1.53 bits per heavy atom. The zero-order chi connectivity index (χ0) is 12.9. The van der Waals surface area contributed by atoms with Crippen molar-refractivity contribution >= 4 is 5.82 Å². The number of aliphatic hydroxyl groups excluding tert-OH is 1. The Morgan fingerprint density at radius 2 is 2.24 bits per heavy atom. The molecule has 96 valence electrons. The fraction of sp³-hybridized carbons (Fsp3) is 0.500. The molecular weight excluding hydrogens is 237 g/mol. The topological polar surface area (TPSA) is 54.4 Å².